The number of hydrogen-bond donors (Lipinski definition) is 1. The van der Waals surface area contributed by atoms with Gasteiger partial charge >= 0.3 is 0 Å². The molecule has 0 saturated heterocycles. The third kappa shape index (κ3) is 3.61. The number of nitrogens with one attached hydrogen (secondary N) is 1. The van der Waals surface area contributed by atoms with Crippen molar-refractivity contribution < 1.29 is 4.39 Å². The fraction of sp³-hybridized carbons (Fsp3) is 0.385. The van der Waals surface area contributed by atoms with Gasteiger partial charge in [0.25, 0.3) is 0 Å². The average molecular weight is 274 g/mol. The molecule has 0 aliphatic carbocycles. The van der Waals surface area contributed by atoms with E-state index in [0.29, 0.717) is 10.6 Å². The standard InChI is InChI=1S/C13H14Cl2FN/c1-5-13(3,4)17-8(2)9-6-12(16)11(15)7-10(9)14/h1,6-8,17H,2-4H3. The van der Waals surface area contributed by atoms with Crippen molar-refractivity contribution in [3.05, 3.63) is 33.6 Å². The Labute approximate surface area is 111 Å². The van der Waals surface area contributed by atoms with Gasteiger partial charge in [-0.15, -0.1) is 6.42 Å². The molecule has 1 N–H and O–H groups in total. The fourth-order valence-corrected chi connectivity index (χ4v) is 2.08. The van der Waals surface area contributed by atoms with Gasteiger partial charge in [0.15, 0.2) is 0 Å². The minimum Gasteiger partial charge on any atom is -0.295 e. The van der Waals surface area contributed by atoms with Crippen molar-refractivity contribution in [2.75, 3.05) is 0 Å². The molecule has 0 heterocycles. The molecule has 0 aliphatic heterocycles. The summed E-state index contributed by atoms with van der Waals surface area (Å²) in [5.74, 6) is 2.13. The van der Waals surface area contributed by atoms with Crippen LogP contribution in [0.5, 0.6) is 0 Å². The van der Waals surface area contributed by atoms with Gasteiger partial charge in [0.2, 0.25) is 0 Å². The van der Waals surface area contributed by atoms with Gasteiger partial charge < -0.3 is 0 Å². The van der Waals surface area contributed by atoms with Crippen LogP contribution in [0.1, 0.15) is 32.4 Å². The van der Waals surface area contributed by atoms with E-state index >= 15 is 0 Å². The van der Waals surface area contributed by atoms with Crippen molar-refractivity contribution in [1.29, 1.82) is 0 Å². The average Bonchev–Trinajstić information content (AvgIpc) is 2.22. The van der Waals surface area contributed by atoms with E-state index in [1.807, 2.05) is 20.8 Å². The quantitative estimate of drug-likeness (QED) is 0.643. The SMILES string of the molecule is C#CC(C)(C)NC(C)c1cc(F)c(Cl)cc1Cl. The van der Waals surface area contributed by atoms with E-state index in [1.165, 1.54) is 12.1 Å². The van der Waals surface area contributed by atoms with Crippen molar-refractivity contribution in [2.45, 2.75) is 32.4 Å². The summed E-state index contributed by atoms with van der Waals surface area (Å²) in [6, 6.07) is 2.56. The number of hydrogen-bond acceptors (Lipinski definition) is 1. The van der Waals surface area contributed by atoms with E-state index in [2.05, 4.69) is 11.2 Å². The number of halogens is 3. The highest BCUT2D eigenvalue weighted by Crippen LogP contribution is 2.29. The summed E-state index contributed by atoms with van der Waals surface area (Å²) in [5, 5.41) is 3.62. The lowest BCUT2D eigenvalue weighted by Gasteiger charge is -2.26. The molecule has 0 radical (unpaired) electrons. The predicted molar refractivity (Wildman–Crippen MR) is 70.9 cm³/mol. The molecule has 0 spiro atoms. The largest absolute Gasteiger partial charge is 0.295 e. The van der Waals surface area contributed by atoms with Crippen LogP contribution in [0, 0.1) is 18.2 Å². The normalized spacial score (nSPS) is 13.2. The first kappa shape index (κ1) is 14.3. The van der Waals surface area contributed by atoms with Gasteiger partial charge in [-0.2, -0.15) is 0 Å². The Morgan fingerprint density at radius 2 is 1.94 bits per heavy atom. The van der Waals surface area contributed by atoms with Crippen LogP contribution in [0.15, 0.2) is 12.1 Å². The molecule has 1 nitrogen and oxygen atoms in total. The lowest BCUT2D eigenvalue weighted by molar-refractivity contribution is 0.430. The second-order valence-electron chi connectivity index (χ2n) is 4.42. The second kappa shape index (κ2) is 5.27. The maximum absolute atomic E-state index is 13.4. The topological polar surface area (TPSA) is 12.0 Å². The van der Waals surface area contributed by atoms with Gasteiger partial charge in [0.05, 0.1) is 10.6 Å². The molecule has 0 aliphatic rings. The highest BCUT2D eigenvalue weighted by molar-refractivity contribution is 6.35. The van der Waals surface area contributed by atoms with Crippen LogP contribution in [-0.2, 0) is 0 Å². The van der Waals surface area contributed by atoms with Crippen molar-refractivity contribution in [3.63, 3.8) is 0 Å². The Morgan fingerprint density at radius 1 is 1.35 bits per heavy atom. The number of terminal acetylenes is 1. The first-order chi connectivity index (χ1) is 7.76. The molecular weight excluding hydrogens is 260 g/mol. The Balaban J connectivity index is 3.02. The summed E-state index contributed by atoms with van der Waals surface area (Å²) in [5.41, 5.74) is 0.149. The Hall–Kier alpha value is -0.750. The van der Waals surface area contributed by atoms with E-state index in [-0.39, 0.29) is 11.1 Å². The van der Waals surface area contributed by atoms with E-state index < -0.39 is 11.4 Å². The zero-order valence-electron chi connectivity index (χ0n) is 9.94. The van der Waals surface area contributed by atoms with Crippen LogP contribution in [-0.4, -0.2) is 5.54 Å². The lowest BCUT2D eigenvalue weighted by Crippen LogP contribution is -2.39. The number of rotatable bonds is 3. The molecule has 17 heavy (non-hydrogen) atoms. The number of benzene rings is 1. The smallest absolute Gasteiger partial charge is 0.142 e. The highest BCUT2D eigenvalue weighted by Gasteiger charge is 2.20. The third-order valence-electron chi connectivity index (χ3n) is 2.44. The first-order valence-corrected chi connectivity index (χ1v) is 5.92. The Bertz CT molecular complexity index is 463. The van der Waals surface area contributed by atoms with Gasteiger partial charge in [-0.25, -0.2) is 4.39 Å². The second-order valence-corrected chi connectivity index (χ2v) is 5.24. The molecule has 4 heteroatoms. The minimum atomic E-state index is -0.488. The molecule has 0 aromatic heterocycles. The summed E-state index contributed by atoms with van der Waals surface area (Å²) in [7, 11) is 0. The molecule has 1 rings (SSSR count). The summed E-state index contributed by atoms with van der Waals surface area (Å²) in [6.07, 6.45) is 5.38. The molecule has 0 bridgehead atoms. The predicted octanol–water partition coefficient (Wildman–Crippen LogP) is 4.19. The van der Waals surface area contributed by atoms with Crippen LogP contribution in [0.25, 0.3) is 0 Å². The molecule has 1 aromatic rings. The molecule has 1 unspecified atom stereocenters. The fourth-order valence-electron chi connectivity index (χ4n) is 1.53. The van der Waals surface area contributed by atoms with Gasteiger partial charge in [0, 0.05) is 11.1 Å². The van der Waals surface area contributed by atoms with Crippen LogP contribution in [0.2, 0.25) is 10.0 Å². The molecule has 92 valence electrons. The van der Waals surface area contributed by atoms with Crippen LogP contribution >= 0.6 is 23.2 Å². The third-order valence-corrected chi connectivity index (χ3v) is 3.06. The summed E-state index contributed by atoms with van der Waals surface area (Å²) < 4.78 is 13.4. The molecular formula is C13H14Cl2FN. The van der Waals surface area contributed by atoms with Gasteiger partial charge in [0.1, 0.15) is 5.82 Å². The minimum absolute atomic E-state index is 0.0159. The molecule has 0 amide bonds. The van der Waals surface area contributed by atoms with Crippen LogP contribution < -0.4 is 5.32 Å². The highest BCUT2D eigenvalue weighted by atomic mass is 35.5. The zero-order chi connectivity index (χ0) is 13.2. The first-order valence-electron chi connectivity index (χ1n) is 5.17. The molecule has 0 saturated carbocycles. The van der Waals surface area contributed by atoms with Gasteiger partial charge in [-0.05, 0) is 38.5 Å². The van der Waals surface area contributed by atoms with Crippen LogP contribution in [0.3, 0.4) is 0 Å². The van der Waals surface area contributed by atoms with E-state index in [4.69, 9.17) is 29.6 Å². The van der Waals surface area contributed by atoms with Gasteiger partial charge in [-0.1, -0.05) is 29.1 Å². The maximum Gasteiger partial charge on any atom is 0.142 e. The molecule has 1 atom stereocenters. The summed E-state index contributed by atoms with van der Waals surface area (Å²) in [6.45, 7) is 5.60. The molecule has 0 fully saturated rings. The van der Waals surface area contributed by atoms with Crippen molar-refractivity contribution in [3.8, 4) is 12.3 Å². The lowest BCUT2D eigenvalue weighted by atomic mass is 10.0. The maximum atomic E-state index is 13.4. The Morgan fingerprint density at radius 3 is 2.47 bits per heavy atom. The van der Waals surface area contributed by atoms with E-state index in [1.54, 1.807) is 0 Å². The monoisotopic (exact) mass is 273 g/mol. The Kier molecular flexibility index (Phi) is 4.43. The van der Waals surface area contributed by atoms with Gasteiger partial charge in [-0.3, -0.25) is 5.32 Å². The molecule has 1 aromatic carbocycles. The summed E-state index contributed by atoms with van der Waals surface area (Å²) in [4.78, 5) is 0. The van der Waals surface area contributed by atoms with Crippen molar-refractivity contribution in [2.24, 2.45) is 0 Å². The van der Waals surface area contributed by atoms with Crippen molar-refractivity contribution in [1.82, 2.24) is 5.32 Å². The van der Waals surface area contributed by atoms with Crippen molar-refractivity contribution >= 4 is 23.2 Å². The van der Waals surface area contributed by atoms with Crippen LogP contribution in [0.4, 0.5) is 4.39 Å². The van der Waals surface area contributed by atoms with E-state index in [9.17, 15) is 4.39 Å². The van der Waals surface area contributed by atoms with E-state index in [0.717, 1.165) is 0 Å². The zero-order valence-corrected chi connectivity index (χ0v) is 11.5. The summed E-state index contributed by atoms with van der Waals surface area (Å²) >= 11 is 11.7.